The number of carbonyl (C=O) groups excluding carboxylic acids is 1. The van der Waals surface area contributed by atoms with Gasteiger partial charge in [0.1, 0.15) is 3.23 Å². The fourth-order valence-electron chi connectivity index (χ4n) is 3.41. The van der Waals surface area contributed by atoms with Gasteiger partial charge in [-0.25, -0.2) is 4.79 Å². The Labute approximate surface area is 149 Å². The van der Waals surface area contributed by atoms with E-state index in [1.54, 1.807) is 24.4 Å². The van der Waals surface area contributed by atoms with Crippen molar-refractivity contribution >= 4 is 43.5 Å². The molecule has 0 bridgehead atoms. The summed E-state index contributed by atoms with van der Waals surface area (Å²) in [5.74, 6) is -0.905. The molecular weight excluding hydrogens is 432 g/mol. The lowest BCUT2D eigenvalue weighted by Crippen LogP contribution is -2.29. The minimum Gasteiger partial charge on any atom is -0.466 e. The summed E-state index contributed by atoms with van der Waals surface area (Å²) in [7, 11) is 3.19. The summed E-state index contributed by atoms with van der Waals surface area (Å²) in [6, 6.07) is 6.64. The maximum absolute atomic E-state index is 12.2. The highest BCUT2D eigenvalue weighted by atomic mass is 79.9. The van der Waals surface area contributed by atoms with Gasteiger partial charge in [0.15, 0.2) is 0 Å². The number of halogens is 2. The Bertz CT molecular complexity index is 719. The lowest BCUT2D eigenvalue weighted by molar-refractivity contribution is -0.385. The minimum atomic E-state index is -0.471. The molecule has 0 radical (unpaired) electrons. The maximum Gasteiger partial charge on any atom is 0.335 e. The van der Waals surface area contributed by atoms with Gasteiger partial charge in [0.25, 0.3) is 5.69 Å². The van der Waals surface area contributed by atoms with Crippen LogP contribution in [0.1, 0.15) is 11.5 Å². The van der Waals surface area contributed by atoms with Gasteiger partial charge in [0.05, 0.1) is 23.6 Å². The number of carbonyl (C=O) groups is 1. The van der Waals surface area contributed by atoms with Crippen LogP contribution in [0.5, 0.6) is 0 Å². The van der Waals surface area contributed by atoms with Gasteiger partial charge in [0.2, 0.25) is 0 Å². The van der Waals surface area contributed by atoms with Crippen LogP contribution < -0.4 is 0 Å². The van der Waals surface area contributed by atoms with E-state index in [9.17, 15) is 14.9 Å². The van der Waals surface area contributed by atoms with Gasteiger partial charge in [-0.2, -0.15) is 0 Å². The number of nitro groups is 1. The molecule has 0 N–H and O–H groups in total. The van der Waals surface area contributed by atoms with Gasteiger partial charge in [-0.3, -0.25) is 10.1 Å². The first-order valence-electron chi connectivity index (χ1n) is 6.93. The van der Waals surface area contributed by atoms with E-state index in [0.717, 1.165) is 0 Å². The molecule has 1 aliphatic carbocycles. The van der Waals surface area contributed by atoms with Crippen LogP contribution in [-0.4, -0.2) is 39.2 Å². The van der Waals surface area contributed by atoms with Crippen molar-refractivity contribution in [3.8, 4) is 0 Å². The number of nitro benzene ring substituents is 1. The van der Waals surface area contributed by atoms with Crippen molar-refractivity contribution in [2.75, 3.05) is 14.2 Å². The summed E-state index contributed by atoms with van der Waals surface area (Å²) in [6.07, 6.45) is 1.72. The number of rotatable bonds is 3. The fraction of sp³-hybridized carbons (Fsp3) is 0.400. The molecule has 0 saturated heterocycles. The topological polar surface area (TPSA) is 72.7 Å². The highest BCUT2D eigenvalue weighted by Crippen LogP contribution is 2.67. The predicted octanol–water partition coefficient (Wildman–Crippen LogP) is 3.17. The second-order valence-electron chi connectivity index (χ2n) is 5.68. The quantitative estimate of drug-likeness (QED) is 0.309. The molecule has 2 aliphatic rings. The minimum absolute atomic E-state index is 0.0123. The monoisotopic (exact) mass is 444 g/mol. The normalized spacial score (nSPS) is 27.7. The molecule has 0 aromatic heterocycles. The molecule has 0 spiro atoms. The van der Waals surface area contributed by atoms with E-state index in [2.05, 4.69) is 31.9 Å². The van der Waals surface area contributed by atoms with Gasteiger partial charge < -0.3 is 9.64 Å². The lowest BCUT2D eigenvalue weighted by Gasteiger charge is -2.27. The summed E-state index contributed by atoms with van der Waals surface area (Å²) in [4.78, 5) is 25.2. The van der Waals surface area contributed by atoms with Gasteiger partial charge in [0, 0.05) is 36.7 Å². The van der Waals surface area contributed by atoms with E-state index in [1.165, 1.54) is 13.2 Å². The third-order valence-electron chi connectivity index (χ3n) is 4.44. The smallest absolute Gasteiger partial charge is 0.335 e. The SMILES string of the molecule is COC(=O)C1=CN(C)[C@H]2[C@@H](C1c1ccccc1[N+](=O)[O-])C2(Br)Br. The third kappa shape index (κ3) is 2.48. The summed E-state index contributed by atoms with van der Waals surface area (Å²) in [6.45, 7) is 0. The first-order valence-corrected chi connectivity index (χ1v) is 8.52. The number of hydrogen-bond acceptors (Lipinski definition) is 5. The van der Waals surface area contributed by atoms with Crippen molar-refractivity contribution in [2.45, 2.75) is 15.2 Å². The molecular formula is C15H14Br2N2O4. The molecule has 1 heterocycles. The maximum atomic E-state index is 12.2. The van der Waals surface area contributed by atoms with Crippen molar-refractivity contribution in [1.82, 2.24) is 4.90 Å². The highest BCUT2D eigenvalue weighted by Gasteiger charge is 2.70. The molecule has 1 fully saturated rings. The van der Waals surface area contributed by atoms with Crippen LogP contribution in [0.3, 0.4) is 0 Å². The molecule has 1 unspecified atom stereocenters. The van der Waals surface area contributed by atoms with Crippen LogP contribution in [-0.2, 0) is 9.53 Å². The number of esters is 1. The summed E-state index contributed by atoms with van der Waals surface area (Å²) >= 11 is 7.27. The van der Waals surface area contributed by atoms with Gasteiger partial charge in [-0.1, -0.05) is 50.1 Å². The van der Waals surface area contributed by atoms with E-state index >= 15 is 0 Å². The van der Waals surface area contributed by atoms with Crippen LogP contribution >= 0.6 is 31.9 Å². The number of methoxy groups -OCH3 is 1. The predicted molar refractivity (Wildman–Crippen MR) is 91.6 cm³/mol. The van der Waals surface area contributed by atoms with Crippen LogP contribution in [0.25, 0.3) is 0 Å². The molecule has 0 amide bonds. The molecule has 6 nitrogen and oxygen atoms in total. The molecule has 1 saturated carbocycles. The number of fused-ring (bicyclic) bond motifs is 1. The van der Waals surface area contributed by atoms with Gasteiger partial charge in [-0.05, 0) is 0 Å². The van der Waals surface area contributed by atoms with E-state index in [4.69, 9.17) is 4.74 Å². The lowest BCUT2D eigenvalue weighted by atomic mass is 9.84. The highest BCUT2D eigenvalue weighted by molar-refractivity contribution is 9.25. The molecule has 8 heteroatoms. The van der Waals surface area contributed by atoms with Crippen LogP contribution in [0.15, 0.2) is 36.0 Å². The molecule has 3 atom stereocenters. The summed E-state index contributed by atoms with van der Waals surface area (Å²) < 4.78 is 4.50. The Morgan fingerprint density at radius 2 is 2.04 bits per heavy atom. The van der Waals surface area contributed by atoms with Crippen LogP contribution in [0.4, 0.5) is 5.69 Å². The number of ether oxygens (including phenoxy) is 1. The number of alkyl halides is 2. The number of benzene rings is 1. The van der Waals surface area contributed by atoms with Crippen molar-refractivity contribution < 1.29 is 14.5 Å². The largest absolute Gasteiger partial charge is 0.466 e. The number of nitrogens with zero attached hydrogens (tertiary/aromatic N) is 2. The standard InChI is InChI=1S/C15H14Br2N2O4/c1-18-7-9(14(20)23-2)11(12-13(18)15(12,16)17)8-5-3-4-6-10(8)19(21)22/h3-7,11-13H,1-2H3/t11?,12-,13+/m1/s1. The molecule has 23 heavy (non-hydrogen) atoms. The summed E-state index contributed by atoms with van der Waals surface area (Å²) in [5, 5.41) is 11.4. The Morgan fingerprint density at radius 3 is 2.65 bits per heavy atom. The molecule has 1 aromatic carbocycles. The number of para-hydroxylation sites is 1. The number of hydrogen-bond donors (Lipinski definition) is 0. The van der Waals surface area contributed by atoms with Crippen LogP contribution in [0.2, 0.25) is 0 Å². The molecule has 3 rings (SSSR count). The fourth-order valence-corrected chi connectivity index (χ4v) is 5.39. The zero-order valence-electron chi connectivity index (χ0n) is 12.4. The molecule has 122 valence electrons. The summed E-state index contributed by atoms with van der Waals surface area (Å²) in [5.41, 5.74) is 0.961. The average molecular weight is 446 g/mol. The zero-order valence-corrected chi connectivity index (χ0v) is 15.6. The van der Waals surface area contributed by atoms with Crippen molar-refractivity contribution in [3.63, 3.8) is 0 Å². The average Bonchev–Trinajstić information content (AvgIpc) is 3.09. The van der Waals surface area contributed by atoms with Gasteiger partial charge in [-0.15, -0.1) is 0 Å². The second-order valence-corrected chi connectivity index (χ2v) is 9.37. The van der Waals surface area contributed by atoms with Crippen molar-refractivity contribution in [3.05, 3.63) is 51.7 Å². The van der Waals surface area contributed by atoms with Gasteiger partial charge >= 0.3 is 5.97 Å². The Hall–Kier alpha value is -1.41. The second kappa shape index (κ2) is 5.59. The van der Waals surface area contributed by atoms with Crippen molar-refractivity contribution in [1.29, 1.82) is 0 Å². The molecule has 1 aliphatic heterocycles. The molecule has 1 aromatic rings. The third-order valence-corrected chi connectivity index (χ3v) is 6.43. The van der Waals surface area contributed by atoms with E-state index in [0.29, 0.717) is 11.1 Å². The Kier molecular flexibility index (Phi) is 4.00. The Morgan fingerprint density at radius 1 is 1.39 bits per heavy atom. The van der Waals surface area contributed by atoms with E-state index in [-0.39, 0.29) is 17.6 Å². The van der Waals surface area contributed by atoms with Crippen molar-refractivity contribution in [2.24, 2.45) is 5.92 Å². The zero-order chi connectivity index (χ0) is 16.9. The first-order chi connectivity index (χ1) is 10.8. The van der Waals surface area contributed by atoms with E-state index < -0.39 is 20.0 Å². The van der Waals surface area contributed by atoms with E-state index in [1.807, 2.05) is 11.9 Å². The first kappa shape index (κ1) is 16.4. The Balaban J connectivity index is 2.16. The van der Waals surface area contributed by atoms with Crippen LogP contribution in [0, 0.1) is 16.0 Å².